The highest BCUT2D eigenvalue weighted by atomic mass is 32.2. The molecule has 1 unspecified atom stereocenters. The van der Waals surface area contributed by atoms with E-state index >= 15 is 0 Å². The van der Waals surface area contributed by atoms with Crippen molar-refractivity contribution < 1.29 is 9.21 Å². The van der Waals surface area contributed by atoms with E-state index in [2.05, 4.69) is 5.32 Å². The van der Waals surface area contributed by atoms with Gasteiger partial charge in [0.05, 0.1) is 16.5 Å². The maximum absolute atomic E-state index is 12.2. The van der Waals surface area contributed by atoms with Gasteiger partial charge in [0.2, 0.25) is 0 Å². The molecule has 0 aromatic carbocycles. The molecule has 0 saturated carbocycles. The molecule has 1 atom stereocenters. The SMILES string of the molecule is O=C(Nc1cccs1)N1CCSC(c2ccco2)CC1. The van der Waals surface area contributed by atoms with Crippen LogP contribution in [0.5, 0.6) is 0 Å². The summed E-state index contributed by atoms with van der Waals surface area (Å²) in [7, 11) is 0. The molecule has 20 heavy (non-hydrogen) atoms. The van der Waals surface area contributed by atoms with Gasteiger partial charge in [-0.25, -0.2) is 4.79 Å². The van der Waals surface area contributed by atoms with Crippen molar-refractivity contribution in [2.75, 3.05) is 24.2 Å². The molecule has 0 radical (unpaired) electrons. The molecule has 4 nitrogen and oxygen atoms in total. The van der Waals surface area contributed by atoms with E-state index in [1.807, 2.05) is 46.3 Å². The van der Waals surface area contributed by atoms with Crippen molar-refractivity contribution in [2.45, 2.75) is 11.7 Å². The Morgan fingerprint density at radius 2 is 2.30 bits per heavy atom. The lowest BCUT2D eigenvalue weighted by atomic mass is 10.2. The first-order chi connectivity index (χ1) is 9.83. The quantitative estimate of drug-likeness (QED) is 0.910. The predicted octanol–water partition coefficient (Wildman–Crippen LogP) is 4.05. The molecule has 1 aliphatic rings. The van der Waals surface area contributed by atoms with Crippen molar-refractivity contribution >= 4 is 34.1 Å². The summed E-state index contributed by atoms with van der Waals surface area (Å²) in [6, 6.07) is 7.78. The summed E-state index contributed by atoms with van der Waals surface area (Å²) in [4.78, 5) is 14.1. The monoisotopic (exact) mass is 308 g/mol. The number of hydrogen-bond donors (Lipinski definition) is 1. The second-order valence-corrected chi connectivity index (χ2v) is 6.82. The van der Waals surface area contributed by atoms with Crippen molar-refractivity contribution in [2.24, 2.45) is 0 Å². The number of amides is 2. The molecule has 2 amide bonds. The molecule has 6 heteroatoms. The number of carbonyl (C=O) groups is 1. The molecule has 1 N–H and O–H groups in total. The Kier molecular flexibility index (Phi) is 4.32. The topological polar surface area (TPSA) is 45.5 Å². The van der Waals surface area contributed by atoms with Crippen molar-refractivity contribution in [3.8, 4) is 0 Å². The van der Waals surface area contributed by atoms with Gasteiger partial charge in [0.15, 0.2) is 0 Å². The lowest BCUT2D eigenvalue weighted by Crippen LogP contribution is -2.36. The van der Waals surface area contributed by atoms with Crippen LogP contribution < -0.4 is 5.32 Å². The van der Waals surface area contributed by atoms with Crippen LogP contribution in [-0.4, -0.2) is 29.8 Å². The molecule has 3 rings (SSSR count). The highest BCUT2D eigenvalue weighted by Gasteiger charge is 2.23. The number of nitrogens with zero attached hydrogens (tertiary/aromatic N) is 1. The van der Waals surface area contributed by atoms with E-state index < -0.39 is 0 Å². The lowest BCUT2D eigenvalue weighted by molar-refractivity contribution is 0.215. The summed E-state index contributed by atoms with van der Waals surface area (Å²) in [5.41, 5.74) is 0. The molecule has 1 fully saturated rings. The standard InChI is InChI=1S/C14H16N2O2S2/c17-14(15-13-4-2-9-20-13)16-6-5-12(19-10-7-16)11-3-1-8-18-11/h1-4,8-9,12H,5-7,10H2,(H,15,17). The fourth-order valence-corrected chi connectivity index (χ4v) is 4.00. The van der Waals surface area contributed by atoms with Gasteiger partial charge in [-0.1, -0.05) is 0 Å². The van der Waals surface area contributed by atoms with E-state index in [0.29, 0.717) is 5.25 Å². The van der Waals surface area contributed by atoms with Crippen LogP contribution in [0.4, 0.5) is 9.80 Å². The lowest BCUT2D eigenvalue weighted by Gasteiger charge is -2.20. The second-order valence-electron chi connectivity index (χ2n) is 4.56. The molecule has 1 aliphatic heterocycles. The molecule has 2 aromatic rings. The third-order valence-electron chi connectivity index (χ3n) is 3.24. The maximum Gasteiger partial charge on any atom is 0.322 e. The summed E-state index contributed by atoms with van der Waals surface area (Å²) >= 11 is 3.40. The van der Waals surface area contributed by atoms with Crippen LogP contribution >= 0.6 is 23.1 Å². The first-order valence-corrected chi connectivity index (χ1v) is 8.50. The van der Waals surface area contributed by atoms with Crippen LogP contribution in [0.2, 0.25) is 0 Å². The minimum atomic E-state index is -0.00635. The van der Waals surface area contributed by atoms with Crippen molar-refractivity contribution in [3.63, 3.8) is 0 Å². The van der Waals surface area contributed by atoms with Gasteiger partial charge >= 0.3 is 6.03 Å². The third-order valence-corrected chi connectivity index (χ3v) is 5.31. The van der Waals surface area contributed by atoms with Crippen LogP contribution in [-0.2, 0) is 0 Å². The fourth-order valence-electron chi connectivity index (χ4n) is 2.21. The molecule has 0 spiro atoms. The van der Waals surface area contributed by atoms with Crippen LogP contribution in [0.15, 0.2) is 40.3 Å². The Morgan fingerprint density at radius 3 is 3.05 bits per heavy atom. The predicted molar refractivity (Wildman–Crippen MR) is 83.4 cm³/mol. The van der Waals surface area contributed by atoms with E-state index in [-0.39, 0.29) is 6.03 Å². The van der Waals surface area contributed by atoms with Crippen LogP contribution in [0.25, 0.3) is 0 Å². The Bertz CT molecular complexity index is 540. The summed E-state index contributed by atoms with van der Waals surface area (Å²) in [5.74, 6) is 1.94. The molecule has 106 valence electrons. The minimum Gasteiger partial charge on any atom is -0.468 e. The molecule has 1 saturated heterocycles. The van der Waals surface area contributed by atoms with Gasteiger partial charge in [0, 0.05) is 18.8 Å². The van der Waals surface area contributed by atoms with Gasteiger partial charge in [-0.05, 0) is 36.1 Å². The molecular weight excluding hydrogens is 292 g/mol. The summed E-state index contributed by atoms with van der Waals surface area (Å²) in [6.45, 7) is 1.54. The average molecular weight is 308 g/mol. The highest BCUT2D eigenvalue weighted by molar-refractivity contribution is 7.99. The number of thioether (sulfide) groups is 1. The third kappa shape index (κ3) is 3.19. The van der Waals surface area contributed by atoms with Crippen LogP contribution in [0, 0.1) is 0 Å². The Morgan fingerprint density at radius 1 is 1.35 bits per heavy atom. The molecule has 3 heterocycles. The highest BCUT2D eigenvalue weighted by Crippen LogP contribution is 2.34. The number of anilines is 1. The van der Waals surface area contributed by atoms with Gasteiger partial charge in [-0.2, -0.15) is 0 Å². The summed E-state index contributed by atoms with van der Waals surface area (Å²) in [6.07, 6.45) is 2.64. The van der Waals surface area contributed by atoms with E-state index in [4.69, 9.17) is 4.42 Å². The average Bonchev–Trinajstić information content (AvgIpc) is 3.09. The first kappa shape index (κ1) is 13.6. The smallest absolute Gasteiger partial charge is 0.322 e. The van der Waals surface area contributed by atoms with Gasteiger partial charge in [-0.15, -0.1) is 23.1 Å². The summed E-state index contributed by atoms with van der Waals surface area (Å²) < 4.78 is 5.47. The van der Waals surface area contributed by atoms with Gasteiger partial charge < -0.3 is 9.32 Å². The van der Waals surface area contributed by atoms with Gasteiger partial charge in [-0.3, -0.25) is 5.32 Å². The first-order valence-electron chi connectivity index (χ1n) is 6.57. The Labute approximate surface area is 126 Å². The van der Waals surface area contributed by atoms with Gasteiger partial charge in [0.25, 0.3) is 0 Å². The van der Waals surface area contributed by atoms with E-state index in [1.165, 1.54) is 0 Å². The zero-order valence-electron chi connectivity index (χ0n) is 11.0. The molecule has 0 aliphatic carbocycles. The minimum absolute atomic E-state index is 0.00635. The molecule has 0 bridgehead atoms. The number of nitrogens with one attached hydrogen (secondary N) is 1. The van der Waals surface area contributed by atoms with Crippen molar-refractivity contribution in [1.82, 2.24) is 4.90 Å². The van der Waals surface area contributed by atoms with E-state index in [9.17, 15) is 4.79 Å². The van der Waals surface area contributed by atoms with Crippen molar-refractivity contribution in [3.05, 3.63) is 41.7 Å². The Balaban J connectivity index is 1.58. The van der Waals surface area contributed by atoms with Crippen LogP contribution in [0.1, 0.15) is 17.4 Å². The zero-order chi connectivity index (χ0) is 13.8. The fraction of sp³-hybridized carbons (Fsp3) is 0.357. The zero-order valence-corrected chi connectivity index (χ0v) is 12.6. The largest absolute Gasteiger partial charge is 0.468 e. The van der Waals surface area contributed by atoms with Crippen LogP contribution in [0.3, 0.4) is 0 Å². The molecule has 2 aromatic heterocycles. The van der Waals surface area contributed by atoms with E-state index in [1.54, 1.807) is 17.6 Å². The maximum atomic E-state index is 12.2. The number of urea groups is 1. The van der Waals surface area contributed by atoms with E-state index in [0.717, 1.165) is 36.0 Å². The number of carbonyl (C=O) groups excluding carboxylic acids is 1. The van der Waals surface area contributed by atoms with Gasteiger partial charge in [0.1, 0.15) is 5.76 Å². The van der Waals surface area contributed by atoms with Crippen molar-refractivity contribution in [1.29, 1.82) is 0 Å². The Hall–Kier alpha value is -1.40. The number of thiophene rings is 1. The normalized spacial score (nSPS) is 19.6. The molecular formula is C14H16N2O2S2. The number of hydrogen-bond acceptors (Lipinski definition) is 4. The second kappa shape index (κ2) is 6.37. The number of rotatable bonds is 2. The summed E-state index contributed by atoms with van der Waals surface area (Å²) in [5, 5.41) is 6.15. The number of furan rings is 1.